The van der Waals surface area contributed by atoms with Crippen molar-refractivity contribution < 1.29 is 9.50 Å². The second-order valence-electron chi connectivity index (χ2n) is 9.25. The summed E-state index contributed by atoms with van der Waals surface area (Å²) in [7, 11) is 0. The quantitative estimate of drug-likeness (QED) is 0.557. The Hall–Kier alpha value is -2.49. The molecule has 1 aliphatic carbocycles. The SMILES string of the molecule is OC1CCN(C[C@@H]2C[C@H]2c2ccccc2)C(c2ccc(Cc3ccc(F)cc3)cc2)C1. The van der Waals surface area contributed by atoms with Crippen molar-refractivity contribution in [3.05, 3.63) is 107 Å². The number of hydrogen-bond donors (Lipinski definition) is 1. The first-order chi connectivity index (χ1) is 15.2. The lowest BCUT2D eigenvalue weighted by Gasteiger charge is -2.38. The lowest BCUT2D eigenvalue weighted by Crippen LogP contribution is -2.40. The standard InChI is InChI=1S/C28H30FNO/c29-25-12-8-21(9-13-25)16-20-6-10-23(11-7-20)28-18-26(31)14-15-30(28)19-24-17-27(24)22-4-2-1-3-5-22/h1-13,24,26-28,31H,14-19H2/t24-,26?,27-,28?/m0/s1. The molecular formula is C28H30FNO. The summed E-state index contributed by atoms with van der Waals surface area (Å²) in [5, 5.41) is 10.4. The van der Waals surface area contributed by atoms with Crippen molar-refractivity contribution in [2.24, 2.45) is 5.92 Å². The molecule has 2 nitrogen and oxygen atoms in total. The summed E-state index contributed by atoms with van der Waals surface area (Å²) in [5.41, 5.74) is 5.10. The summed E-state index contributed by atoms with van der Waals surface area (Å²) < 4.78 is 13.1. The molecular weight excluding hydrogens is 385 g/mol. The minimum absolute atomic E-state index is 0.194. The van der Waals surface area contributed by atoms with Gasteiger partial charge in [0.25, 0.3) is 0 Å². The number of aliphatic hydroxyl groups excluding tert-OH is 1. The van der Waals surface area contributed by atoms with Gasteiger partial charge in [-0.2, -0.15) is 0 Å². The van der Waals surface area contributed by atoms with Crippen LogP contribution in [0.4, 0.5) is 4.39 Å². The van der Waals surface area contributed by atoms with E-state index in [0.717, 1.165) is 43.8 Å². The summed E-state index contributed by atoms with van der Waals surface area (Å²) in [6.45, 7) is 2.06. The largest absolute Gasteiger partial charge is 0.393 e. The fourth-order valence-electron chi connectivity index (χ4n) is 5.12. The maximum absolute atomic E-state index is 13.1. The van der Waals surface area contributed by atoms with Gasteiger partial charge in [-0.25, -0.2) is 4.39 Å². The third-order valence-corrected chi connectivity index (χ3v) is 6.99. The minimum Gasteiger partial charge on any atom is -0.393 e. The van der Waals surface area contributed by atoms with Crippen molar-refractivity contribution >= 4 is 0 Å². The molecule has 1 saturated carbocycles. The molecule has 0 amide bonds. The first kappa shape index (κ1) is 20.4. The predicted molar refractivity (Wildman–Crippen MR) is 122 cm³/mol. The van der Waals surface area contributed by atoms with E-state index in [9.17, 15) is 9.50 Å². The highest BCUT2D eigenvalue weighted by molar-refractivity contribution is 5.31. The molecule has 1 saturated heterocycles. The summed E-state index contributed by atoms with van der Waals surface area (Å²) in [5.74, 6) is 1.21. The zero-order valence-electron chi connectivity index (χ0n) is 17.8. The highest BCUT2D eigenvalue weighted by Gasteiger charge is 2.41. The molecule has 0 bridgehead atoms. The number of halogens is 1. The molecule has 3 heteroatoms. The average molecular weight is 416 g/mol. The highest BCUT2D eigenvalue weighted by Crippen LogP contribution is 2.49. The lowest BCUT2D eigenvalue weighted by molar-refractivity contribution is 0.0380. The van der Waals surface area contributed by atoms with E-state index in [1.165, 1.54) is 35.2 Å². The van der Waals surface area contributed by atoms with Gasteiger partial charge in [0.15, 0.2) is 0 Å². The molecule has 2 fully saturated rings. The van der Waals surface area contributed by atoms with Crippen LogP contribution < -0.4 is 0 Å². The topological polar surface area (TPSA) is 23.5 Å². The molecule has 0 spiro atoms. The number of benzene rings is 3. The molecule has 0 aromatic heterocycles. The van der Waals surface area contributed by atoms with Crippen molar-refractivity contribution in [2.45, 2.75) is 43.7 Å². The van der Waals surface area contributed by atoms with Gasteiger partial charge in [-0.1, -0.05) is 66.7 Å². The summed E-state index contributed by atoms with van der Waals surface area (Å²) in [6, 6.07) is 26.7. The van der Waals surface area contributed by atoms with E-state index in [2.05, 4.69) is 59.5 Å². The van der Waals surface area contributed by atoms with Gasteiger partial charge in [0.2, 0.25) is 0 Å². The second kappa shape index (κ2) is 8.94. The van der Waals surface area contributed by atoms with Crippen LogP contribution in [0.2, 0.25) is 0 Å². The van der Waals surface area contributed by atoms with Crippen molar-refractivity contribution in [2.75, 3.05) is 13.1 Å². The van der Waals surface area contributed by atoms with Gasteiger partial charge in [0.05, 0.1) is 6.10 Å². The summed E-state index contributed by atoms with van der Waals surface area (Å²) in [4.78, 5) is 2.59. The average Bonchev–Trinajstić information content (AvgIpc) is 3.57. The molecule has 4 atom stereocenters. The first-order valence-electron chi connectivity index (χ1n) is 11.5. The zero-order valence-corrected chi connectivity index (χ0v) is 17.8. The van der Waals surface area contributed by atoms with Gasteiger partial charge in [0, 0.05) is 19.1 Å². The maximum Gasteiger partial charge on any atom is 0.123 e. The van der Waals surface area contributed by atoms with Crippen LogP contribution in [0.25, 0.3) is 0 Å². The van der Waals surface area contributed by atoms with Crippen molar-refractivity contribution in [1.29, 1.82) is 0 Å². The first-order valence-corrected chi connectivity index (χ1v) is 11.5. The number of rotatable bonds is 6. The Labute approximate surface area is 184 Å². The van der Waals surface area contributed by atoms with Crippen LogP contribution in [0.15, 0.2) is 78.9 Å². The molecule has 1 heterocycles. The Kier molecular flexibility index (Phi) is 5.89. The van der Waals surface area contributed by atoms with E-state index < -0.39 is 0 Å². The van der Waals surface area contributed by atoms with E-state index in [-0.39, 0.29) is 18.0 Å². The number of likely N-dealkylation sites (tertiary alicyclic amines) is 1. The fourth-order valence-corrected chi connectivity index (χ4v) is 5.12. The molecule has 1 aliphatic heterocycles. The van der Waals surface area contributed by atoms with Crippen molar-refractivity contribution in [3.8, 4) is 0 Å². The van der Waals surface area contributed by atoms with Crippen molar-refractivity contribution in [1.82, 2.24) is 4.90 Å². The van der Waals surface area contributed by atoms with Gasteiger partial charge in [0.1, 0.15) is 5.82 Å². The predicted octanol–water partition coefficient (Wildman–Crippen LogP) is 5.72. The number of piperidine rings is 1. The summed E-state index contributed by atoms with van der Waals surface area (Å²) in [6.07, 6.45) is 3.52. The Morgan fingerprint density at radius 3 is 2.19 bits per heavy atom. The van der Waals surface area contributed by atoms with E-state index in [4.69, 9.17) is 0 Å². The van der Waals surface area contributed by atoms with Gasteiger partial charge >= 0.3 is 0 Å². The lowest BCUT2D eigenvalue weighted by atomic mass is 9.91. The van der Waals surface area contributed by atoms with Crippen LogP contribution in [0.1, 0.15) is 53.5 Å². The molecule has 5 rings (SSSR count). The zero-order chi connectivity index (χ0) is 21.2. The highest BCUT2D eigenvalue weighted by atomic mass is 19.1. The van der Waals surface area contributed by atoms with Crippen LogP contribution in [-0.4, -0.2) is 29.2 Å². The maximum atomic E-state index is 13.1. The summed E-state index contributed by atoms with van der Waals surface area (Å²) >= 11 is 0. The van der Waals surface area contributed by atoms with E-state index in [0.29, 0.717) is 5.92 Å². The second-order valence-corrected chi connectivity index (χ2v) is 9.25. The van der Waals surface area contributed by atoms with E-state index in [1.807, 2.05) is 12.1 Å². The Balaban J connectivity index is 1.26. The van der Waals surface area contributed by atoms with Crippen LogP contribution in [0.5, 0.6) is 0 Å². The smallest absolute Gasteiger partial charge is 0.123 e. The van der Waals surface area contributed by atoms with Gasteiger partial charge in [-0.3, -0.25) is 4.90 Å². The van der Waals surface area contributed by atoms with Crippen LogP contribution in [-0.2, 0) is 6.42 Å². The Morgan fingerprint density at radius 2 is 1.48 bits per heavy atom. The third-order valence-electron chi connectivity index (χ3n) is 6.99. The molecule has 0 radical (unpaired) electrons. The van der Waals surface area contributed by atoms with Gasteiger partial charge in [-0.15, -0.1) is 0 Å². The number of nitrogens with zero attached hydrogens (tertiary/aromatic N) is 1. The molecule has 1 N–H and O–H groups in total. The Morgan fingerprint density at radius 1 is 0.806 bits per heavy atom. The normalized spacial score (nSPS) is 26.0. The van der Waals surface area contributed by atoms with Gasteiger partial charge in [-0.05, 0) is 71.9 Å². The number of hydrogen-bond acceptors (Lipinski definition) is 2. The minimum atomic E-state index is -0.218. The van der Waals surface area contributed by atoms with Gasteiger partial charge < -0.3 is 5.11 Å². The molecule has 160 valence electrons. The monoisotopic (exact) mass is 415 g/mol. The van der Waals surface area contributed by atoms with Crippen LogP contribution in [0.3, 0.4) is 0 Å². The number of aliphatic hydroxyl groups is 1. The van der Waals surface area contributed by atoms with Crippen molar-refractivity contribution in [3.63, 3.8) is 0 Å². The molecule has 31 heavy (non-hydrogen) atoms. The van der Waals surface area contributed by atoms with Crippen LogP contribution in [0, 0.1) is 11.7 Å². The Bertz CT molecular complexity index is 986. The third kappa shape index (κ3) is 4.89. The van der Waals surface area contributed by atoms with E-state index in [1.54, 1.807) is 0 Å². The van der Waals surface area contributed by atoms with E-state index >= 15 is 0 Å². The fraction of sp³-hybridized carbons (Fsp3) is 0.357. The molecule has 2 unspecified atom stereocenters. The van der Waals surface area contributed by atoms with Crippen LogP contribution >= 0.6 is 0 Å². The molecule has 2 aliphatic rings. The molecule has 3 aromatic carbocycles. The molecule has 3 aromatic rings.